The molecule has 1 amide bonds. The molecule has 2 N–H and O–H groups in total. The Morgan fingerprint density at radius 1 is 1.59 bits per heavy atom. The molecule has 0 saturated carbocycles. The summed E-state index contributed by atoms with van der Waals surface area (Å²) >= 11 is 0. The van der Waals surface area contributed by atoms with Crippen molar-refractivity contribution in [2.45, 2.75) is 19.0 Å². The molecule has 17 heavy (non-hydrogen) atoms. The van der Waals surface area contributed by atoms with E-state index in [-0.39, 0.29) is 17.8 Å². The molecule has 0 radical (unpaired) electrons. The fourth-order valence-electron chi connectivity index (χ4n) is 1.78. The first-order chi connectivity index (χ1) is 8.19. The van der Waals surface area contributed by atoms with Gasteiger partial charge in [0.1, 0.15) is 5.82 Å². The van der Waals surface area contributed by atoms with Crippen molar-refractivity contribution >= 4 is 5.91 Å². The summed E-state index contributed by atoms with van der Waals surface area (Å²) in [5, 5.41) is 14.5. The van der Waals surface area contributed by atoms with E-state index in [0.717, 1.165) is 0 Å². The molecule has 1 unspecified atom stereocenters. The molecule has 5 heteroatoms. The van der Waals surface area contributed by atoms with Crippen LogP contribution in [0.2, 0.25) is 0 Å². The number of halogens is 1. The van der Waals surface area contributed by atoms with Crippen molar-refractivity contribution < 1.29 is 9.18 Å². The van der Waals surface area contributed by atoms with Crippen LogP contribution in [0.4, 0.5) is 4.39 Å². The lowest BCUT2D eigenvalue weighted by molar-refractivity contribution is -0.119. The third-order valence-electron chi connectivity index (χ3n) is 2.73. The Kier molecular flexibility index (Phi) is 3.35. The van der Waals surface area contributed by atoms with E-state index in [1.165, 1.54) is 18.2 Å². The molecule has 0 aliphatic carbocycles. The molecule has 1 aromatic carbocycles. The summed E-state index contributed by atoms with van der Waals surface area (Å²) < 4.78 is 13.4. The van der Waals surface area contributed by atoms with Crippen LogP contribution in [0.15, 0.2) is 18.2 Å². The van der Waals surface area contributed by atoms with Crippen molar-refractivity contribution in [2.75, 3.05) is 6.54 Å². The number of rotatable bonds is 3. The van der Waals surface area contributed by atoms with Gasteiger partial charge in [-0.05, 0) is 18.2 Å². The Labute approximate surface area is 98.4 Å². The molecule has 1 aliphatic heterocycles. The minimum Gasteiger partial charge on any atom is -0.354 e. The number of nitrogens with zero attached hydrogens (tertiary/aromatic N) is 1. The Morgan fingerprint density at radius 3 is 3.06 bits per heavy atom. The molecule has 1 aromatic rings. The number of carbonyl (C=O) groups excluding carboxylic acids is 1. The Balaban J connectivity index is 1.99. The van der Waals surface area contributed by atoms with Crippen LogP contribution >= 0.6 is 0 Å². The van der Waals surface area contributed by atoms with Gasteiger partial charge in [-0.15, -0.1) is 0 Å². The molecule has 1 aliphatic rings. The number of hydrogen-bond acceptors (Lipinski definition) is 3. The lowest BCUT2D eigenvalue weighted by Gasteiger charge is -2.10. The first-order valence-electron chi connectivity index (χ1n) is 5.37. The fraction of sp³-hybridized carbons (Fsp3) is 0.333. The number of nitrogens with one attached hydrogen (secondary N) is 2. The van der Waals surface area contributed by atoms with E-state index in [1.807, 2.05) is 6.07 Å². The highest BCUT2D eigenvalue weighted by molar-refractivity contribution is 5.78. The minimum atomic E-state index is -0.339. The molecule has 1 atom stereocenters. The molecule has 0 aromatic heterocycles. The van der Waals surface area contributed by atoms with Crippen LogP contribution in [0.1, 0.15) is 17.5 Å². The van der Waals surface area contributed by atoms with Crippen molar-refractivity contribution in [1.82, 2.24) is 10.6 Å². The fourth-order valence-corrected chi connectivity index (χ4v) is 1.78. The van der Waals surface area contributed by atoms with E-state index >= 15 is 0 Å². The summed E-state index contributed by atoms with van der Waals surface area (Å²) in [6, 6.07) is 6.25. The second-order valence-corrected chi connectivity index (χ2v) is 4.00. The zero-order valence-electron chi connectivity index (χ0n) is 9.16. The molecule has 1 fully saturated rings. The van der Waals surface area contributed by atoms with Gasteiger partial charge in [-0.2, -0.15) is 5.26 Å². The Morgan fingerprint density at radius 2 is 2.41 bits per heavy atom. The first-order valence-corrected chi connectivity index (χ1v) is 5.37. The summed E-state index contributed by atoms with van der Waals surface area (Å²) in [6.45, 7) is 0.888. The van der Waals surface area contributed by atoms with Crippen molar-refractivity contribution in [1.29, 1.82) is 5.26 Å². The van der Waals surface area contributed by atoms with Crippen LogP contribution in [0.25, 0.3) is 0 Å². The van der Waals surface area contributed by atoms with Crippen LogP contribution in [0.3, 0.4) is 0 Å². The second kappa shape index (κ2) is 4.93. The average Bonchev–Trinajstić information content (AvgIpc) is 2.74. The molecule has 0 bridgehead atoms. The maximum absolute atomic E-state index is 13.4. The summed E-state index contributed by atoms with van der Waals surface area (Å²) in [5.74, 6) is -0.331. The van der Waals surface area contributed by atoms with Crippen molar-refractivity contribution in [3.63, 3.8) is 0 Å². The normalized spacial score (nSPS) is 18.8. The Hall–Kier alpha value is -1.93. The van der Waals surface area contributed by atoms with Crippen LogP contribution in [0.5, 0.6) is 0 Å². The van der Waals surface area contributed by atoms with Gasteiger partial charge in [-0.3, -0.25) is 4.79 Å². The highest BCUT2D eigenvalue weighted by Crippen LogP contribution is 2.11. The van der Waals surface area contributed by atoms with E-state index < -0.39 is 0 Å². The second-order valence-electron chi connectivity index (χ2n) is 4.00. The monoisotopic (exact) mass is 233 g/mol. The van der Waals surface area contributed by atoms with Gasteiger partial charge in [0.15, 0.2) is 0 Å². The Bertz CT molecular complexity index is 481. The summed E-state index contributed by atoms with van der Waals surface area (Å²) in [4.78, 5) is 11.0. The summed E-state index contributed by atoms with van der Waals surface area (Å²) in [5.41, 5.74) is 0.882. The van der Waals surface area contributed by atoms with Gasteiger partial charge in [0, 0.05) is 31.1 Å². The number of carbonyl (C=O) groups is 1. The van der Waals surface area contributed by atoms with Gasteiger partial charge in [0.25, 0.3) is 0 Å². The highest BCUT2D eigenvalue weighted by Gasteiger charge is 2.20. The predicted octanol–water partition coefficient (Wildman–Crippen LogP) is 0.675. The topological polar surface area (TPSA) is 64.9 Å². The van der Waals surface area contributed by atoms with E-state index in [9.17, 15) is 9.18 Å². The first kappa shape index (κ1) is 11.6. The molecule has 4 nitrogen and oxygen atoms in total. The zero-order chi connectivity index (χ0) is 12.3. The largest absolute Gasteiger partial charge is 0.354 e. The summed E-state index contributed by atoms with van der Waals surface area (Å²) in [6.07, 6.45) is 0.416. The number of amides is 1. The maximum atomic E-state index is 13.4. The van der Waals surface area contributed by atoms with Crippen LogP contribution in [-0.2, 0) is 11.3 Å². The highest BCUT2D eigenvalue weighted by atomic mass is 19.1. The van der Waals surface area contributed by atoms with Gasteiger partial charge in [0.05, 0.1) is 11.6 Å². The van der Waals surface area contributed by atoms with E-state index in [4.69, 9.17) is 5.26 Å². The molecular weight excluding hydrogens is 221 g/mol. The minimum absolute atomic E-state index is 0.00810. The van der Waals surface area contributed by atoms with Gasteiger partial charge < -0.3 is 10.6 Å². The van der Waals surface area contributed by atoms with E-state index in [2.05, 4.69) is 10.6 Å². The molecular formula is C12H12FN3O. The van der Waals surface area contributed by atoms with Crippen LogP contribution in [0, 0.1) is 17.1 Å². The molecule has 2 rings (SSSR count). The zero-order valence-corrected chi connectivity index (χ0v) is 9.16. The SMILES string of the molecule is N#Cc1ccc(F)c(CNC2CNC(=O)C2)c1. The quantitative estimate of drug-likeness (QED) is 0.806. The standard InChI is InChI=1S/C12H12FN3O/c13-11-2-1-8(5-14)3-9(11)6-15-10-4-12(17)16-7-10/h1-3,10,15H,4,6-7H2,(H,16,17). The van der Waals surface area contributed by atoms with E-state index in [1.54, 1.807) is 0 Å². The van der Waals surface area contributed by atoms with Crippen molar-refractivity contribution in [3.8, 4) is 6.07 Å². The lowest BCUT2D eigenvalue weighted by atomic mass is 10.1. The molecule has 88 valence electrons. The van der Waals surface area contributed by atoms with Crippen LogP contribution < -0.4 is 10.6 Å². The van der Waals surface area contributed by atoms with Gasteiger partial charge in [-0.25, -0.2) is 4.39 Å². The number of benzene rings is 1. The molecule has 1 heterocycles. The maximum Gasteiger partial charge on any atom is 0.221 e. The van der Waals surface area contributed by atoms with Crippen molar-refractivity contribution in [3.05, 3.63) is 35.1 Å². The summed E-state index contributed by atoms with van der Waals surface area (Å²) in [7, 11) is 0. The van der Waals surface area contributed by atoms with Crippen molar-refractivity contribution in [2.24, 2.45) is 0 Å². The smallest absolute Gasteiger partial charge is 0.221 e. The number of nitriles is 1. The van der Waals surface area contributed by atoms with E-state index in [0.29, 0.717) is 30.6 Å². The number of hydrogen-bond donors (Lipinski definition) is 2. The third kappa shape index (κ3) is 2.80. The van der Waals surface area contributed by atoms with Crippen LogP contribution in [-0.4, -0.2) is 18.5 Å². The van der Waals surface area contributed by atoms with Gasteiger partial charge in [0.2, 0.25) is 5.91 Å². The van der Waals surface area contributed by atoms with Gasteiger partial charge >= 0.3 is 0 Å². The predicted molar refractivity (Wildman–Crippen MR) is 59.4 cm³/mol. The third-order valence-corrected chi connectivity index (χ3v) is 2.73. The van der Waals surface area contributed by atoms with Gasteiger partial charge in [-0.1, -0.05) is 0 Å². The molecule has 1 saturated heterocycles. The lowest BCUT2D eigenvalue weighted by Crippen LogP contribution is -2.30. The average molecular weight is 233 g/mol. The molecule has 0 spiro atoms.